The Balaban J connectivity index is 2.67. The number of halogens is 1. The fraction of sp³-hybridized carbons (Fsp3) is 0.697. The summed E-state index contributed by atoms with van der Waals surface area (Å²) in [5.41, 5.74) is -6.16. The number of rotatable bonds is 13. The van der Waals surface area contributed by atoms with Crippen molar-refractivity contribution in [2.24, 2.45) is 11.8 Å². The van der Waals surface area contributed by atoms with E-state index in [9.17, 15) is 39.0 Å². The lowest BCUT2D eigenvalue weighted by atomic mass is 9.80. The normalized spacial score (nSPS) is 21.8. The summed E-state index contributed by atoms with van der Waals surface area (Å²) in [5, 5.41) is 28.8. The van der Waals surface area contributed by atoms with Crippen molar-refractivity contribution in [2.45, 2.75) is 136 Å². The summed E-state index contributed by atoms with van der Waals surface area (Å²) in [6.07, 6.45) is -5.66. The van der Waals surface area contributed by atoms with Crippen LogP contribution in [0.1, 0.15) is 100 Å². The molecule has 6 atom stereocenters. The van der Waals surface area contributed by atoms with E-state index in [0.717, 1.165) is 10.8 Å². The Kier molecular flexibility index (Phi) is 14.2. The number of ether oxygens (including phenoxy) is 3. The second-order valence-corrected chi connectivity index (χ2v) is 15.6. The van der Waals surface area contributed by atoms with Gasteiger partial charge in [-0.2, -0.15) is 0 Å². The maximum absolute atomic E-state index is 14.3. The van der Waals surface area contributed by atoms with E-state index in [0.29, 0.717) is 0 Å². The van der Waals surface area contributed by atoms with Gasteiger partial charge in [-0.05, 0) is 77.3 Å². The zero-order chi connectivity index (χ0) is 37.6. The zero-order valence-corrected chi connectivity index (χ0v) is 31.4. The van der Waals surface area contributed by atoms with Crippen LogP contribution in [-0.2, 0) is 23.8 Å². The molecule has 0 radical (unpaired) electrons. The highest BCUT2D eigenvalue weighted by molar-refractivity contribution is 9.11. The van der Waals surface area contributed by atoms with Crippen molar-refractivity contribution >= 4 is 45.8 Å². The number of H-pyrrole nitrogens is 1. The largest absolute Gasteiger partial charge is 0.444 e. The van der Waals surface area contributed by atoms with Gasteiger partial charge < -0.3 is 35.1 Å². The van der Waals surface area contributed by atoms with E-state index >= 15 is 0 Å². The lowest BCUT2D eigenvalue weighted by Crippen LogP contribution is -2.61. The predicted octanol–water partition coefficient (Wildman–Crippen LogP) is 3.30. The first-order valence-electron chi connectivity index (χ1n) is 16.1. The van der Waals surface area contributed by atoms with E-state index in [-0.39, 0.29) is 30.2 Å². The van der Waals surface area contributed by atoms with Crippen LogP contribution in [0.5, 0.6) is 0 Å². The van der Waals surface area contributed by atoms with Gasteiger partial charge in [0.1, 0.15) is 29.6 Å². The van der Waals surface area contributed by atoms with Gasteiger partial charge in [0.15, 0.2) is 17.2 Å². The SMILES string of the molecule is CC(C)C[C@H](NC(=O)OC(C)(C)C)C(=O)C(O)[C@H]1O[C@@H](n2cc(/C=C/Br)c(=O)[nH]c2=O)C[C@@]1(O)C(=O)[C@H](CC(C)C)NC(=O)OC(C)(C)C. The number of ketones is 2. The third-order valence-electron chi connectivity index (χ3n) is 7.27. The summed E-state index contributed by atoms with van der Waals surface area (Å²) in [6, 6.07) is -2.71. The number of aliphatic hydroxyl groups excluding tert-OH is 1. The van der Waals surface area contributed by atoms with Gasteiger partial charge in [-0.25, -0.2) is 14.4 Å². The van der Waals surface area contributed by atoms with Gasteiger partial charge in [0.05, 0.1) is 17.6 Å². The lowest BCUT2D eigenvalue weighted by molar-refractivity contribution is -0.163. The van der Waals surface area contributed by atoms with E-state index in [1.54, 1.807) is 69.2 Å². The molecule has 1 aliphatic heterocycles. The van der Waals surface area contributed by atoms with E-state index in [2.05, 4.69) is 31.5 Å². The smallest absolute Gasteiger partial charge is 0.408 e. The quantitative estimate of drug-likeness (QED) is 0.197. The number of Topliss-reactive ketones (excluding diaryl/α,β-unsaturated/α-hetero) is 2. The Labute approximate surface area is 294 Å². The van der Waals surface area contributed by atoms with Crippen LogP contribution < -0.4 is 21.9 Å². The van der Waals surface area contributed by atoms with Crippen LogP contribution in [0, 0.1) is 11.8 Å². The molecule has 276 valence electrons. The zero-order valence-electron chi connectivity index (χ0n) is 29.8. The molecular weight excluding hydrogens is 708 g/mol. The second kappa shape index (κ2) is 16.6. The maximum atomic E-state index is 14.3. The van der Waals surface area contributed by atoms with Gasteiger partial charge in [-0.3, -0.25) is 23.9 Å². The third-order valence-corrected chi connectivity index (χ3v) is 7.53. The molecule has 1 aliphatic rings. The van der Waals surface area contributed by atoms with Crippen molar-refractivity contribution in [2.75, 3.05) is 0 Å². The number of carbonyl (C=O) groups is 4. The van der Waals surface area contributed by atoms with Gasteiger partial charge in [-0.1, -0.05) is 43.6 Å². The Bertz CT molecular complexity index is 1510. The molecule has 0 aliphatic carbocycles. The molecule has 2 heterocycles. The summed E-state index contributed by atoms with van der Waals surface area (Å²) in [6.45, 7) is 16.9. The average molecular weight is 760 g/mol. The van der Waals surface area contributed by atoms with Gasteiger partial charge in [0, 0.05) is 12.6 Å². The number of nitrogens with zero attached hydrogens (tertiary/aromatic N) is 1. The van der Waals surface area contributed by atoms with Crippen molar-refractivity contribution < 1.29 is 43.6 Å². The molecule has 0 aromatic carbocycles. The van der Waals surface area contributed by atoms with Crippen molar-refractivity contribution in [1.29, 1.82) is 0 Å². The molecule has 2 rings (SSSR count). The first-order valence-corrected chi connectivity index (χ1v) is 17.0. The number of carbonyl (C=O) groups excluding carboxylic acids is 4. The van der Waals surface area contributed by atoms with Crippen LogP contribution in [0.2, 0.25) is 0 Å². The van der Waals surface area contributed by atoms with Gasteiger partial charge in [0.2, 0.25) is 0 Å². The molecule has 0 spiro atoms. The minimum absolute atomic E-state index is 0.0119. The lowest BCUT2D eigenvalue weighted by Gasteiger charge is -2.34. The fourth-order valence-electron chi connectivity index (χ4n) is 5.33. The Hall–Kier alpha value is -3.34. The molecule has 5 N–H and O–H groups in total. The fourth-order valence-corrected chi connectivity index (χ4v) is 5.62. The topological polar surface area (TPSA) is 215 Å². The summed E-state index contributed by atoms with van der Waals surface area (Å²) in [7, 11) is 0. The van der Waals surface area contributed by atoms with E-state index in [1.807, 2.05) is 0 Å². The van der Waals surface area contributed by atoms with E-state index < -0.39 is 88.7 Å². The minimum atomic E-state index is -2.68. The number of hydrogen-bond acceptors (Lipinski definition) is 11. The molecule has 1 unspecified atom stereocenters. The molecule has 1 fully saturated rings. The third kappa shape index (κ3) is 11.9. The molecule has 1 saturated heterocycles. The van der Waals surface area contributed by atoms with Crippen molar-refractivity contribution in [3.05, 3.63) is 37.6 Å². The summed E-state index contributed by atoms with van der Waals surface area (Å²) >= 11 is 3.07. The van der Waals surface area contributed by atoms with Gasteiger partial charge in [0.25, 0.3) is 5.56 Å². The molecule has 0 saturated carbocycles. The standard InChI is InChI=1S/C33H51BrN4O11/c1-17(2)13-20(35-29(44)48-31(5,6)7)23(39)24(40)26-33(46,25(41)21(14-18(3)4)36-30(45)49-32(8,9)10)15-22(47-26)38-16-19(11-12-34)27(42)37-28(38)43/h11-12,16-18,20-22,24,26,40,46H,13-15H2,1-10H3,(H,35,44)(H,36,45)(H,37,42,43)/b12-11+/t20-,21-,22+,24?,26+,33+/m0/s1. The Morgan fingerprint density at radius 1 is 1.00 bits per heavy atom. The Morgan fingerprint density at radius 3 is 1.96 bits per heavy atom. The molecule has 16 heteroatoms. The highest BCUT2D eigenvalue weighted by atomic mass is 79.9. The number of aromatic nitrogens is 2. The molecule has 15 nitrogen and oxygen atoms in total. The van der Waals surface area contributed by atoms with Crippen molar-refractivity contribution in [3.8, 4) is 0 Å². The van der Waals surface area contributed by atoms with Crippen molar-refractivity contribution in [1.82, 2.24) is 20.2 Å². The van der Waals surface area contributed by atoms with Crippen LogP contribution in [0.4, 0.5) is 9.59 Å². The van der Waals surface area contributed by atoms with Crippen LogP contribution in [0.3, 0.4) is 0 Å². The minimum Gasteiger partial charge on any atom is -0.444 e. The molecule has 2 amide bonds. The number of amides is 2. The molecule has 1 aromatic rings. The van der Waals surface area contributed by atoms with E-state index in [1.165, 1.54) is 11.1 Å². The van der Waals surface area contributed by atoms with Gasteiger partial charge >= 0.3 is 17.9 Å². The second-order valence-electron chi connectivity index (χ2n) is 15.1. The van der Waals surface area contributed by atoms with Crippen LogP contribution in [-0.4, -0.2) is 84.6 Å². The van der Waals surface area contributed by atoms with Crippen LogP contribution >= 0.6 is 15.9 Å². The number of aromatic amines is 1. The molecule has 0 bridgehead atoms. The molecule has 49 heavy (non-hydrogen) atoms. The predicted molar refractivity (Wildman–Crippen MR) is 184 cm³/mol. The average Bonchev–Trinajstić information content (AvgIpc) is 3.28. The van der Waals surface area contributed by atoms with Crippen LogP contribution in [0.15, 0.2) is 20.8 Å². The number of nitrogens with one attached hydrogen (secondary N) is 3. The Morgan fingerprint density at radius 2 is 1.49 bits per heavy atom. The number of alkyl carbamates (subject to hydrolysis) is 2. The number of aliphatic hydroxyl groups is 2. The monoisotopic (exact) mass is 758 g/mol. The highest BCUT2D eigenvalue weighted by Crippen LogP contribution is 2.40. The summed E-state index contributed by atoms with van der Waals surface area (Å²) in [4.78, 5) is 82.6. The molecular formula is C33H51BrN4O11. The van der Waals surface area contributed by atoms with Crippen molar-refractivity contribution in [3.63, 3.8) is 0 Å². The maximum Gasteiger partial charge on any atom is 0.408 e. The van der Waals surface area contributed by atoms with Gasteiger partial charge in [-0.15, -0.1) is 0 Å². The summed E-state index contributed by atoms with van der Waals surface area (Å²) < 4.78 is 17.5. The van der Waals surface area contributed by atoms with E-state index in [4.69, 9.17) is 14.2 Å². The van der Waals surface area contributed by atoms with Crippen LogP contribution in [0.25, 0.3) is 6.08 Å². The highest BCUT2D eigenvalue weighted by Gasteiger charge is 2.59. The number of hydrogen-bond donors (Lipinski definition) is 5. The first kappa shape index (κ1) is 41.8. The molecule has 1 aromatic heterocycles. The summed E-state index contributed by atoms with van der Waals surface area (Å²) in [5.74, 6) is -2.36. The first-order chi connectivity index (χ1) is 22.4.